The quantitative estimate of drug-likeness (QED) is 0.682. The van der Waals surface area contributed by atoms with E-state index in [1.165, 1.54) is 13.8 Å². The molecule has 0 fully saturated rings. The summed E-state index contributed by atoms with van der Waals surface area (Å²) < 4.78 is 0. The molecule has 0 rings (SSSR count). The van der Waals surface area contributed by atoms with Crippen molar-refractivity contribution in [2.75, 3.05) is 0 Å². The number of aliphatic carboxylic acids is 2. The first kappa shape index (κ1) is 10.5. The first-order valence-electron chi connectivity index (χ1n) is 3.06. The Kier molecular flexibility index (Phi) is 4.15. The van der Waals surface area contributed by atoms with Crippen LogP contribution < -0.4 is 0 Å². The van der Waals surface area contributed by atoms with Crippen molar-refractivity contribution < 1.29 is 19.8 Å². The molecule has 11 heavy (non-hydrogen) atoms. The van der Waals surface area contributed by atoms with E-state index in [1.807, 2.05) is 0 Å². The summed E-state index contributed by atoms with van der Waals surface area (Å²) in [6, 6.07) is 0. The minimum absolute atomic E-state index is 0.363. The monoisotopic (exact) mass is 226 g/mol. The molecule has 0 aliphatic heterocycles. The number of carboxylic acids is 2. The van der Waals surface area contributed by atoms with Crippen molar-refractivity contribution in [1.29, 1.82) is 0 Å². The van der Waals surface area contributed by atoms with E-state index in [0.717, 1.165) is 0 Å². The second kappa shape index (κ2) is 4.36. The van der Waals surface area contributed by atoms with Gasteiger partial charge in [-0.25, -0.2) is 0 Å². The van der Waals surface area contributed by atoms with Crippen molar-refractivity contribution in [3.05, 3.63) is 0 Å². The summed E-state index contributed by atoms with van der Waals surface area (Å²) in [5, 5.41) is 16.9. The zero-order valence-electron chi connectivity index (χ0n) is 6.27. The van der Waals surface area contributed by atoms with Gasteiger partial charge in [-0.15, -0.1) is 0 Å². The van der Waals surface area contributed by atoms with Gasteiger partial charge >= 0.3 is 70.2 Å². The fourth-order valence-corrected chi connectivity index (χ4v) is 2.20. The Morgan fingerprint density at radius 2 is 1.36 bits per heavy atom. The van der Waals surface area contributed by atoms with Gasteiger partial charge < -0.3 is 0 Å². The normalized spacial score (nSPS) is 15.5. The molecule has 2 atom stereocenters. The fourth-order valence-electron chi connectivity index (χ4n) is 0.423. The van der Waals surface area contributed by atoms with Crippen LogP contribution in [0.2, 0.25) is 9.63 Å². The topological polar surface area (TPSA) is 74.6 Å². The van der Waals surface area contributed by atoms with E-state index in [0.29, 0.717) is 0 Å². The first-order valence-corrected chi connectivity index (χ1v) is 5.04. The molecule has 0 aromatic rings. The predicted octanol–water partition coefficient (Wildman–Crippen LogP) is 0.477. The molecule has 0 saturated carbocycles. The standard InChI is InChI=1S/C6H10O4Se/c1-3(5(7)8)11-4(2)6(9)10/h3-4H,1-2H3,(H,7,8)(H,9,10). The Bertz CT molecular complexity index is 150. The average molecular weight is 225 g/mol. The van der Waals surface area contributed by atoms with Gasteiger partial charge in [-0.05, 0) is 0 Å². The minimum atomic E-state index is -0.918. The summed E-state index contributed by atoms with van der Waals surface area (Å²) in [6.07, 6.45) is 0. The van der Waals surface area contributed by atoms with Gasteiger partial charge in [-0.1, -0.05) is 0 Å². The van der Waals surface area contributed by atoms with Gasteiger partial charge in [0.05, 0.1) is 0 Å². The Labute approximate surface area is 70.8 Å². The van der Waals surface area contributed by atoms with Crippen LogP contribution in [0, 0.1) is 0 Å². The van der Waals surface area contributed by atoms with Crippen LogP contribution in [-0.2, 0) is 9.59 Å². The van der Waals surface area contributed by atoms with Crippen LogP contribution in [0.1, 0.15) is 13.8 Å². The van der Waals surface area contributed by atoms with E-state index < -0.39 is 21.6 Å². The van der Waals surface area contributed by atoms with Crippen LogP contribution in [-0.4, -0.2) is 37.1 Å². The summed E-state index contributed by atoms with van der Waals surface area (Å²) in [5.74, 6) is -1.84. The fraction of sp³-hybridized carbons (Fsp3) is 0.667. The van der Waals surface area contributed by atoms with Crippen molar-refractivity contribution in [3.63, 3.8) is 0 Å². The maximum atomic E-state index is 10.3. The number of rotatable bonds is 4. The summed E-state index contributed by atoms with van der Waals surface area (Å²) >= 11 is -0.363. The van der Waals surface area contributed by atoms with Gasteiger partial charge in [0, 0.05) is 0 Å². The maximum absolute atomic E-state index is 10.3. The van der Waals surface area contributed by atoms with Gasteiger partial charge in [0.15, 0.2) is 0 Å². The van der Waals surface area contributed by atoms with E-state index in [9.17, 15) is 9.59 Å². The van der Waals surface area contributed by atoms with Gasteiger partial charge in [-0.2, -0.15) is 0 Å². The molecule has 0 radical (unpaired) electrons. The van der Waals surface area contributed by atoms with Crippen molar-refractivity contribution in [1.82, 2.24) is 0 Å². The van der Waals surface area contributed by atoms with Crippen LogP contribution in [0.4, 0.5) is 0 Å². The predicted molar refractivity (Wildman–Crippen MR) is 39.9 cm³/mol. The van der Waals surface area contributed by atoms with Crippen molar-refractivity contribution in [2.24, 2.45) is 0 Å². The summed E-state index contributed by atoms with van der Waals surface area (Å²) in [6.45, 7) is 3.06. The first-order chi connectivity index (χ1) is 4.95. The molecule has 0 bridgehead atoms. The Morgan fingerprint density at radius 3 is 1.55 bits per heavy atom. The Morgan fingerprint density at radius 1 is 1.09 bits per heavy atom. The molecule has 0 spiro atoms. The van der Waals surface area contributed by atoms with E-state index in [4.69, 9.17) is 10.2 Å². The summed E-state index contributed by atoms with van der Waals surface area (Å²) in [4.78, 5) is 19.5. The van der Waals surface area contributed by atoms with E-state index in [1.54, 1.807) is 0 Å². The molecule has 0 aromatic carbocycles. The van der Waals surface area contributed by atoms with Crippen LogP contribution >= 0.6 is 0 Å². The van der Waals surface area contributed by atoms with Gasteiger partial charge in [0.2, 0.25) is 0 Å². The second-order valence-electron chi connectivity index (χ2n) is 2.10. The number of carbonyl (C=O) groups is 2. The second-order valence-corrected chi connectivity index (χ2v) is 5.64. The molecule has 0 heterocycles. The SMILES string of the molecule is CC([Se]C(C)C(=O)O)C(=O)O. The molecule has 0 saturated heterocycles. The van der Waals surface area contributed by atoms with Crippen LogP contribution in [0.25, 0.3) is 0 Å². The molecular weight excluding hydrogens is 215 g/mol. The summed E-state index contributed by atoms with van der Waals surface area (Å²) in [7, 11) is 0. The van der Waals surface area contributed by atoms with Crippen molar-refractivity contribution >= 4 is 26.9 Å². The van der Waals surface area contributed by atoms with Gasteiger partial charge in [-0.3, -0.25) is 0 Å². The third-order valence-corrected chi connectivity index (χ3v) is 3.66. The number of hydrogen-bond donors (Lipinski definition) is 2. The van der Waals surface area contributed by atoms with E-state index in [2.05, 4.69) is 0 Å². The number of carboxylic acid groups (broad SMARTS) is 2. The Hall–Kier alpha value is -0.541. The van der Waals surface area contributed by atoms with E-state index in [-0.39, 0.29) is 15.0 Å². The molecule has 0 aliphatic carbocycles. The molecule has 5 heteroatoms. The van der Waals surface area contributed by atoms with Crippen molar-refractivity contribution in [2.45, 2.75) is 23.5 Å². The van der Waals surface area contributed by atoms with E-state index >= 15 is 0 Å². The third-order valence-electron chi connectivity index (χ3n) is 1.10. The average Bonchev–Trinajstić information content (AvgIpc) is 1.87. The van der Waals surface area contributed by atoms with Gasteiger partial charge in [0.1, 0.15) is 0 Å². The molecule has 0 aromatic heterocycles. The van der Waals surface area contributed by atoms with Crippen molar-refractivity contribution in [3.8, 4) is 0 Å². The summed E-state index contributed by atoms with van der Waals surface area (Å²) in [5.41, 5.74) is 0. The molecular formula is C6H10O4Se. The molecule has 0 aliphatic rings. The van der Waals surface area contributed by atoms with Gasteiger partial charge in [0.25, 0.3) is 0 Å². The molecule has 4 nitrogen and oxygen atoms in total. The molecule has 2 N–H and O–H groups in total. The Balaban J connectivity index is 3.84. The molecule has 2 unspecified atom stereocenters. The number of hydrogen-bond acceptors (Lipinski definition) is 2. The zero-order chi connectivity index (χ0) is 9.02. The zero-order valence-corrected chi connectivity index (χ0v) is 7.99. The van der Waals surface area contributed by atoms with Crippen LogP contribution in [0.3, 0.4) is 0 Å². The molecule has 64 valence electrons. The molecule has 0 amide bonds. The van der Waals surface area contributed by atoms with Crippen LogP contribution in [0.15, 0.2) is 0 Å². The third kappa shape index (κ3) is 4.01. The van der Waals surface area contributed by atoms with Crippen LogP contribution in [0.5, 0.6) is 0 Å².